The van der Waals surface area contributed by atoms with Gasteiger partial charge in [0.25, 0.3) is 0 Å². The predicted octanol–water partition coefficient (Wildman–Crippen LogP) is 1.79. The van der Waals surface area contributed by atoms with E-state index in [0.717, 1.165) is 43.9 Å². The fourth-order valence-corrected chi connectivity index (χ4v) is 3.46. The van der Waals surface area contributed by atoms with Gasteiger partial charge in [0.2, 0.25) is 5.91 Å². The van der Waals surface area contributed by atoms with Gasteiger partial charge in [-0.15, -0.1) is 0 Å². The van der Waals surface area contributed by atoms with E-state index < -0.39 is 0 Å². The maximum absolute atomic E-state index is 12.5. The largest absolute Gasteiger partial charge is 0.338 e. The van der Waals surface area contributed by atoms with Crippen molar-refractivity contribution in [3.8, 4) is 0 Å². The number of nitrogens with zero attached hydrogens (tertiary/aromatic N) is 3. The van der Waals surface area contributed by atoms with E-state index in [1.54, 1.807) is 0 Å². The van der Waals surface area contributed by atoms with Gasteiger partial charge >= 0.3 is 0 Å². The molecular formula is C15H24N4OS. The standard InChI is InChI=1S/C15H24N4OS/c1-4-7-19(13-5-6-16-9-13)14(20)10-21-15-17-11(2)8-12(3)18-15/h8,13,16H,4-7,9-10H2,1-3H3. The van der Waals surface area contributed by atoms with E-state index in [1.807, 2.05) is 24.8 Å². The zero-order valence-corrected chi connectivity index (χ0v) is 13.9. The zero-order valence-electron chi connectivity index (χ0n) is 13.1. The SMILES string of the molecule is CCCN(C(=O)CSc1nc(C)cc(C)n1)C1CCNC1. The molecule has 0 radical (unpaired) electrons. The van der Waals surface area contributed by atoms with Crippen LogP contribution < -0.4 is 5.32 Å². The Morgan fingerprint density at radius 2 is 2.14 bits per heavy atom. The summed E-state index contributed by atoms with van der Waals surface area (Å²) in [7, 11) is 0. The van der Waals surface area contributed by atoms with Crippen LogP contribution in [0.15, 0.2) is 11.2 Å². The van der Waals surface area contributed by atoms with Crippen LogP contribution >= 0.6 is 11.8 Å². The van der Waals surface area contributed by atoms with Crippen molar-refractivity contribution in [2.75, 3.05) is 25.4 Å². The molecule has 1 unspecified atom stereocenters. The van der Waals surface area contributed by atoms with Crippen molar-refractivity contribution < 1.29 is 4.79 Å². The molecule has 1 aliphatic heterocycles. The van der Waals surface area contributed by atoms with Crippen molar-refractivity contribution in [2.45, 2.75) is 44.8 Å². The van der Waals surface area contributed by atoms with Gasteiger partial charge in [-0.1, -0.05) is 18.7 Å². The molecule has 1 aromatic heterocycles. The monoisotopic (exact) mass is 308 g/mol. The van der Waals surface area contributed by atoms with Gasteiger partial charge in [-0.25, -0.2) is 9.97 Å². The quantitative estimate of drug-likeness (QED) is 0.641. The molecule has 1 atom stereocenters. The third-order valence-corrected chi connectivity index (χ3v) is 4.38. The number of carbonyl (C=O) groups is 1. The van der Waals surface area contributed by atoms with Crippen molar-refractivity contribution in [1.29, 1.82) is 0 Å². The van der Waals surface area contributed by atoms with Crippen molar-refractivity contribution in [3.63, 3.8) is 0 Å². The summed E-state index contributed by atoms with van der Waals surface area (Å²) >= 11 is 1.44. The molecule has 2 rings (SSSR count). The summed E-state index contributed by atoms with van der Waals surface area (Å²) in [5, 5.41) is 4.03. The van der Waals surface area contributed by atoms with Gasteiger partial charge in [0.05, 0.1) is 5.75 Å². The molecule has 1 aliphatic rings. The van der Waals surface area contributed by atoms with E-state index in [1.165, 1.54) is 11.8 Å². The average molecular weight is 308 g/mol. The number of hydrogen-bond acceptors (Lipinski definition) is 5. The van der Waals surface area contributed by atoms with Crippen LogP contribution in [0.2, 0.25) is 0 Å². The highest BCUT2D eigenvalue weighted by molar-refractivity contribution is 7.99. The lowest BCUT2D eigenvalue weighted by Crippen LogP contribution is -2.43. The maximum Gasteiger partial charge on any atom is 0.233 e. The Morgan fingerprint density at radius 1 is 1.43 bits per heavy atom. The summed E-state index contributed by atoms with van der Waals surface area (Å²) in [4.78, 5) is 23.3. The Labute approximate surface area is 130 Å². The second kappa shape index (κ2) is 7.75. The van der Waals surface area contributed by atoms with Gasteiger partial charge in [0.15, 0.2) is 5.16 Å². The Bertz CT molecular complexity index is 468. The summed E-state index contributed by atoms with van der Waals surface area (Å²) < 4.78 is 0. The van der Waals surface area contributed by atoms with Gasteiger partial charge in [-0.3, -0.25) is 4.79 Å². The second-order valence-electron chi connectivity index (χ2n) is 5.46. The van der Waals surface area contributed by atoms with Crippen molar-refractivity contribution in [3.05, 3.63) is 17.5 Å². The molecule has 0 bridgehead atoms. The van der Waals surface area contributed by atoms with E-state index in [9.17, 15) is 4.79 Å². The number of hydrogen-bond donors (Lipinski definition) is 1. The van der Waals surface area contributed by atoms with Crippen LogP contribution in [0, 0.1) is 13.8 Å². The van der Waals surface area contributed by atoms with Crippen molar-refractivity contribution in [2.24, 2.45) is 0 Å². The number of amides is 1. The Morgan fingerprint density at radius 3 is 2.71 bits per heavy atom. The molecule has 5 nitrogen and oxygen atoms in total. The molecule has 1 fully saturated rings. The Kier molecular flexibility index (Phi) is 5.99. The minimum Gasteiger partial charge on any atom is -0.338 e. The van der Waals surface area contributed by atoms with E-state index in [4.69, 9.17) is 0 Å². The summed E-state index contributed by atoms with van der Waals surface area (Å²) in [5.74, 6) is 0.609. The number of aryl methyl sites for hydroxylation is 2. The highest BCUT2D eigenvalue weighted by Gasteiger charge is 2.25. The number of aromatic nitrogens is 2. The van der Waals surface area contributed by atoms with Gasteiger partial charge < -0.3 is 10.2 Å². The van der Waals surface area contributed by atoms with Crippen LogP contribution in [0.25, 0.3) is 0 Å². The topological polar surface area (TPSA) is 58.1 Å². The molecule has 21 heavy (non-hydrogen) atoms. The van der Waals surface area contributed by atoms with Crippen LogP contribution in [-0.4, -0.2) is 52.2 Å². The van der Waals surface area contributed by atoms with Crippen LogP contribution in [0.4, 0.5) is 0 Å². The number of thioether (sulfide) groups is 1. The van der Waals surface area contributed by atoms with Crippen LogP contribution in [0.5, 0.6) is 0 Å². The summed E-state index contributed by atoms with van der Waals surface area (Å²) in [6, 6.07) is 2.29. The lowest BCUT2D eigenvalue weighted by Gasteiger charge is -2.28. The predicted molar refractivity (Wildman–Crippen MR) is 85.5 cm³/mol. The van der Waals surface area contributed by atoms with Gasteiger partial charge in [-0.2, -0.15) is 0 Å². The zero-order chi connectivity index (χ0) is 15.2. The normalized spacial score (nSPS) is 18.0. The first kappa shape index (κ1) is 16.2. The molecule has 0 aliphatic carbocycles. The Hall–Kier alpha value is -1.14. The second-order valence-corrected chi connectivity index (χ2v) is 6.40. The highest BCUT2D eigenvalue weighted by Crippen LogP contribution is 2.17. The molecule has 1 aromatic rings. The van der Waals surface area contributed by atoms with Crippen LogP contribution in [-0.2, 0) is 4.79 Å². The molecule has 1 saturated heterocycles. The summed E-state index contributed by atoms with van der Waals surface area (Å²) in [5.41, 5.74) is 1.89. The molecule has 0 saturated carbocycles. The first-order valence-electron chi connectivity index (χ1n) is 7.55. The van der Waals surface area contributed by atoms with E-state index in [-0.39, 0.29) is 5.91 Å². The lowest BCUT2D eigenvalue weighted by atomic mass is 10.2. The molecule has 2 heterocycles. The minimum atomic E-state index is 0.193. The number of rotatable bonds is 6. The fourth-order valence-electron chi connectivity index (χ4n) is 2.62. The third-order valence-electron chi connectivity index (χ3n) is 3.55. The molecule has 1 amide bonds. The molecule has 1 N–H and O–H groups in total. The summed E-state index contributed by atoms with van der Waals surface area (Å²) in [6.07, 6.45) is 2.05. The minimum absolute atomic E-state index is 0.193. The molecule has 6 heteroatoms. The first-order chi connectivity index (χ1) is 10.1. The highest BCUT2D eigenvalue weighted by atomic mass is 32.2. The lowest BCUT2D eigenvalue weighted by molar-refractivity contribution is -0.130. The molecular weight excluding hydrogens is 284 g/mol. The average Bonchev–Trinajstić information content (AvgIpc) is 2.95. The van der Waals surface area contributed by atoms with E-state index in [2.05, 4.69) is 22.2 Å². The van der Waals surface area contributed by atoms with Crippen molar-refractivity contribution in [1.82, 2.24) is 20.2 Å². The van der Waals surface area contributed by atoms with Crippen LogP contribution in [0.3, 0.4) is 0 Å². The molecule has 0 spiro atoms. The Balaban J connectivity index is 1.94. The summed E-state index contributed by atoms with van der Waals surface area (Å²) in [6.45, 7) is 8.77. The first-order valence-corrected chi connectivity index (χ1v) is 8.54. The van der Waals surface area contributed by atoms with Crippen molar-refractivity contribution >= 4 is 17.7 Å². The smallest absolute Gasteiger partial charge is 0.233 e. The van der Waals surface area contributed by atoms with Gasteiger partial charge in [-0.05, 0) is 39.3 Å². The van der Waals surface area contributed by atoms with Crippen LogP contribution in [0.1, 0.15) is 31.2 Å². The number of nitrogens with one attached hydrogen (secondary N) is 1. The van der Waals surface area contributed by atoms with Gasteiger partial charge in [0.1, 0.15) is 0 Å². The molecule has 0 aromatic carbocycles. The molecule has 116 valence electrons. The van der Waals surface area contributed by atoms with E-state index in [0.29, 0.717) is 17.0 Å². The third kappa shape index (κ3) is 4.68. The maximum atomic E-state index is 12.5. The number of carbonyl (C=O) groups excluding carboxylic acids is 1. The van der Waals surface area contributed by atoms with E-state index >= 15 is 0 Å². The fraction of sp³-hybridized carbons (Fsp3) is 0.667. The van der Waals surface area contributed by atoms with Gasteiger partial charge in [0, 0.05) is 30.5 Å².